The lowest BCUT2D eigenvalue weighted by atomic mass is 9.94. The fourth-order valence-corrected chi connectivity index (χ4v) is 5.62. The molecule has 2 aromatic heterocycles. The van der Waals surface area contributed by atoms with Crippen molar-refractivity contribution in [1.82, 2.24) is 19.8 Å². The molecule has 3 heterocycles. The largest absolute Gasteiger partial charge is 0.352 e. The predicted octanol–water partition coefficient (Wildman–Crippen LogP) is 5.39. The number of hydrogen-bond acceptors (Lipinski definition) is 3. The number of carbonyl (C=O) groups excluding carboxylic acids is 1. The van der Waals surface area contributed by atoms with E-state index in [0.29, 0.717) is 24.1 Å². The summed E-state index contributed by atoms with van der Waals surface area (Å²) in [6.45, 7) is 0.536. The number of aromatic nitrogens is 2. The fraction of sp³-hybridized carbons (Fsp3) is 0.370. The van der Waals surface area contributed by atoms with Gasteiger partial charge in [-0.3, -0.25) is 9.78 Å². The maximum atomic E-state index is 12.7. The number of hydrogen-bond donors (Lipinski definition) is 2. The maximum absolute atomic E-state index is 12.7. The molecule has 6 nitrogen and oxygen atoms in total. The number of anilines is 1. The summed E-state index contributed by atoms with van der Waals surface area (Å²) in [4.78, 5) is 19.5. The zero-order chi connectivity index (χ0) is 23.3. The van der Waals surface area contributed by atoms with E-state index in [-0.39, 0.29) is 18.0 Å². The summed E-state index contributed by atoms with van der Waals surface area (Å²) in [7, 11) is 0. The van der Waals surface area contributed by atoms with Gasteiger partial charge >= 0.3 is 0 Å². The zero-order valence-corrected chi connectivity index (χ0v) is 20.1. The molecular weight excluding hydrogens is 442 g/mol. The molecule has 1 saturated heterocycles. The van der Waals surface area contributed by atoms with Crippen LogP contribution in [0, 0.1) is 0 Å². The topological polar surface area (TPSA) is 62.2 Å². The Morgan fingerprint density at radius 3 is 2.59 bits per heavy atom. The van der Waals surface area contributed by atoms with Crippen molar-refractivity contribution in [2.75, 3.05) is 11.9 Å². The highest BCUT2D eigenvalue weighted by Crippen LogP contribution is 2.41. The van der Waals surface area contributed by atoms with Crippen LogP contribution in [0.2, 0.25) is 0 Å². The van der Waals surface area contributed by atoms with E-state index in [1.807, 2.05) is 54.7 Å². The second-order valence-corrected chi connectivity index (χ2v) is 9.50. The van der Waals surface area contributed by atoms with E-state index in [2.05, 4.69) is 43.4 Å². The molecule has 7 heteroatoms. The third kappa shape index (κ3) is 4.85. The molecule has 2 atom stereocenters. The van der Waals surface area contributed by atoms with Crippen LogP contribution in [0.25, 0.3) is 0 Å². The van der Waals surface area contributed by atoms with E-state index in [1.165, 1.54) is 37.8 Å². The van der Waals surface area contributed by atoms with Crippen LogP contribution in [-0.2, 0) is 4.79 Å². The monoisotopic (exact) mass is 473 g/mol. The first-order chi connectivity index (χ1) is 16.7. The van der Waals surface area contributed by atoms with Crippen LogP contribution in [0.15, 0.2) is 73.1 Å². The molecule has 2 fully saturated rings. The van der Waals surface area contributed by atoms with Gasteiger partial charge in [0, 0.05) is 42.8 Å². The third-order valence-electron chi connectivity index (χ3n) is 6.92. The summed E-state index contributed by atoms with van der Waals surface area (Å²) in [5.74, 6) is -0.0169. The summed E-state index contributed by atoms with van der Waals surface area (Å²) >= 11 is 5.80. The smallest absolute Gasteiger partial charge is 0.226 e. The molecule has 1 aromatic carbocycles. The van der Waals surface area contributed by atoms with Crippen molar-refractivity contribution >= 4 is 28.9 Å². The second kappa shape index (κ2) is 10.4. The van der Waals surface area contributed by atoms with Crippen molar-refractivity contribution in [1.29, 1.82) is 0 Å². The molecule has 0 spiro atoms. The number of rotatable bonds is 7. The molecule has 0 unspecified atom stereocenters. The van der Waals surface area contributed by atoms with Crippen molar-refractivity contribution in [3.05, 3.63) is 84.4 Å². The molecule has 5 rings (SSSR count). The van der Waals surface area contributed by atoms with Gasteiger partial charge in [0.05, 0.1) is 17.8 Å². The fourth-order valence-electron chi connectivity index (χ4n) is 5.28. The number of nitrogens with zero attached hydrogens (tertiary/aromatic N) is 3. The van der Waals surface area contributed by atoms with E-state index in [0.717, 1.165) is 11.4 Å². The van der Waals surface area contributed by atoms with Crippen LogP contribution < -0.4 is 10.6 Å². The van der Waals surface area contributed by atoms with E-state index < -0.39 is 0 Å². The Bertz CT molecular complexity index is 1110. The molecule has 2 aliphatic rings. The minimum atomic E-state index is -0.0666. The van der Waals surface area contributed by atoms with Gasteiger partial charge in [-0.2, -0.15) is 0 Å². The Labute approximate surface area is 206 Å². The van der Waals surface area contributed by atoms with Gasteiger partial charge in [-0.05, 0) is 61.5 Å². The van der Waals surface area contributed by atoms with Crippen LogP contribution in [0.1, 0.15) is 68.0 Å². The van der Waals surface area contributed by atoms with Crippen LogP contribution >= 0.6 is 12.2 Å². The van der Waals surface area contributed by atoms with Crippen molar-refractivity contribution in [3.8, 4) is 0 Å². The summed E-state index contributed by atoms with van der Waals surface area (Å²) in [6, 6.07) is 20.3. The lowest BCUT2D eigenvalue weighted by Crippen LogP contribution is -2.33. The van der Waals surface area contributed by atoms with Gasteiger partial charge in [-0.1, -0.05) is 43.5 Å². The highest BCUT2D eigenvalue weighted by molar-refractivity contribution is 7.80. The summed E-state index contributed by atoms with van der Waals surface area (Å²) in [6.07, 6.45) is 10.7. The average Bonchev–Trinajstić information content (AvgIpc) is 3.48. The van der Waals surface area contributed by atoms with Crippen molar-refractivity contribution in [2.24, 2.45) is 0 Å². The second-order valence-electron chi connectivity index (χ2n) is 9.12. The summed E-state index contributed by atoms with van der Waals surface area (Å²) in [5.41, 5.74) is 3.00. The minimum Gasteiger partial charge on any atom is -0.352 e. The van der Waals surface area contributed by atoms with Gasteiger partial charge in [0.1, 0.15) is 0 Å². The minimum absolute atomic E-state index is 0.0169. The number of pyridine rings is 1. The van der Waals surface area contributed by atoms with Crippen molar-refractivity contribution in [3.63, 3.8) is 0 Å². The molecule has 1 saturated carbocycles. The normalized spacial score (nSPS) is 20.8. The number of thiocarbonyl (C=S) groups is 1. The van der Waals surface area contributed by atoms with Crippen molar-refractivity contribution < 1.29 is 4.79 Å². The van der Waals surface area contributed by atoms with Gasteiger partial charge in [0.25, 0.3) is 0 Å². The summed E-state index contributed by atoms with van der Waals surface area (Å²) < 4.78 is 2.45. The standard InChI is InChI=1S/C27H31N5OS/c33-24(29-20-10-3-1-4-11-20)16-19-32-26(25(30-27(32)34)22-14-7-8-17-28-22)23-15-9-18-31(23)21-12-5-2-6-13-21/h1,3-4,7-11,14-15,17-18,21,25-26H,2,5-6,12-13,16,19H2,(H,29,33)(H,30,34)/t25-,26-/m0/s1. The quantitative estimate of drug-likeness (QED) is 0.451. The average molecular weight is 474 g/mol. The highest BCUT2D eigenvalue weighted by atomic mass is 32.1. The maximum Gasteiger partial charge on any atom is 0.226 e. The molecule has 3 aromatic rings. The van der Waals surface area contributed by atoms with Gasteiger partial charge in [0.15, 0.2) is 5.11 Å². The highest BCUT2D eigenvalue weighted by Gasteiger charge is 2.41. The van der Waals surface area contributed by atoms with Gasteiger partial charge in [-0.25, -0.2) is 0 Å². The van der Waals surface area contributed by atoms with Crippen LogP contribution in [-0.4, -0.2) is 32.0 Å². The molecular formula is C27H31N5OS. The Balaban J connectivity index is 1.40. The van der Waals surface area contributed by atoms with Crippen LogP contribution in [0.4, 0.5) is 5.69 Å². The van der Waals surface area contributed by atoms with E-state index >= 15 is 0 Å². The number of benzene rings is 1. The molecule has 2 N–H and O–H groups in total. The van der Waals surface area contributed by atoms with E-state index in [1.54, 1.807) is 0 Å². The summed E-state index contributed by atoms with van der Waals surface area (Å²) in [5, 5.41) is 7.17. The SMILES string of the molecule is O=C(CCN1C(=S)N[C@@H](c2ccccn2)[C@@H]1c1cccn1C1CCCCC1)Nc1ccccc1. The van der Waals surface area contributed by atoms with Gasteiger partial charge < -0.3 is 20.1 Å². The third-order valence-corrected chi connectivity index (χ3v) is 7.27. The number of nitrogens with one attached hydrogen (secondary N) is 2. The van der Waals surface area contributed by atoms with Gasteiger partial charge in [0.2, 0.25) is 5.91 Å². The van der Waals surface area contributed by atoms with E-state index in [9.17, 15) is 4.79 Å². The Morgan fingerprint density at radius 2 is 1.82 bits per heavy atom. The first-order valence-electron chi connectivity index (χ1n) is 12.2. The molecule has 1 amide bonds. The first-order valence-corrected chi connectivity index (χ1v) is 12.6. The van der Waals surface area contributed by atoms with Crippen LogP contribution in [0.3, 0.4) is 0 Å². The molecule has 0 radical (unpaired) electrons. The van der Waals surface area contributed by atoms with E-state index in [4.69, 9.17) is 12.2 Å². The van der Waals surface area contributed by atoms with Gasteiger partial charge in [-0.15, -0.1) is 0 Å². The zero-order valence-electron chi connectivity index (χ0n) is 19.3. The molecule has 0 bridgehead atoms. The van der Waals surface area contributed by atoms with Crippen molar-refractivity contribution in [2.45, 2.75) is 56.7 Å². The predicted molar refractivity (Wildman–Crippen MR) is 138 cm³/mol. The molecule has 176 valence electrons. The Hall–Kier alpha value is -3.19. The number of para-hydroxylation sites is 1. The Kier molecular flexibility index (Phi) is 6.90. The Morgan fingerprint density at radius 1 is 1.03 bits per heavy atom. The lowest BCUT2D eigenvalue weighted by Gasteiger charge is -2.32. The van der Waals surface area contributed by atoms with Crippen LogP contribution in [0.5, 0.6) is 0 Å². The number of carbonyl (C=O) groups is 1. The number of amides is 1. The molecule has 1 aliphatic carbocycles. The lowest BCUT2D eigenvalue weighted by molar-refractivity contribution is -0.116. The first kappa shape index (κ1) is 22.6. The molecule has 34 heavy (non-hydrogen) atoms. The molecule has 1 aliphatic heterocycles.